The van der Waals surface area contributed by atoms with Crippen LogP contribution >= 0.6 is 23.2 Å². The summed E-state index contributed by atoms with van der Waals surface area (Å²) in [5.41, 5.74) is 2.35. The Labute approximate surface area is 215 Å². The molecule has 1 aromatic carbocycles. The third-order valence-corrected chi connectivity index (χ3v) is 8.27. The predicted octanol–water partition coefficient (Wildman–Crippen LogP) is 5.81. The Kier molecular flexibility index (Phi) is 6.22. The Hall–Kier alpha value is -2.70. The standard InChI is InChI=1S/C27H28Cl2N4O2/c1-16-20(17-8-11-32(12-9-17)26(35)24-22(29)5-4-10-31-24)14-30-15-23(16)33-25(34)19-7-6-18(28)13-21(19)27(33,2)3/h4-7,10,13-17,20H,8-9,11-12H2,1-3H3. The zero-order valence-corrected chi connectivity index (χ0v) is 21.6. The molecule has 8 heteroatoms. The van der Waals surface area contributed by atoms with Crippen LogP contribution in [-0.4, -0.2) is 45.9 Å². The first-order valence-electron chi connectivity index (χ1n) is 12.0. The number of halogens is 2. The minimum Gasteiger partial charge on any atom is -0.337 e. The molecule has 0 radical (unpaired) electrons. The molecule has 2 amide bonds. The monoisotopic (exact) mass is 510 g/mol. The Morgan fingerprint density at radius 2 is 1.89 bits per heavy atom. The van der Waals surface area contributed by atoms with E-state index in [1.165, 1.54) is 0 Å². The van der Waals surface area contributed by atoms with E-state index in [0.29, 0.717) is 40.3 Å². The van der Waals surface area contributed by atoms with Crippen LogP contribution in [0, 0.1) is 17.8 Å². The van der Waals surface area contributed by atoms with Crippen LogP contribution in [-0.2, 0) is 5.54 Å². The maximum absolute atomic E-state index is 13.5. The van der Waals surface area contributed by atoms with Gasteiger partial charge in [0.25, 0.3) is 11.8 Å². The van der Waals surface area contributed by atoms with Crippen LogP contribution < -0.4 is 0 Å². The fraction of sp³-hybridized carbons (Fsp3) is 0.407. The minimum absolute atomic E-state index is 0.0109. The second-order valence-electron chi connectivity index (χ2n) is 10.1. The summed E-state index contributed by atoms with van der Waals surface area (Å²) in [4.78, 5) is 38.9. The average molecular weight is 511 g/mol. The first-order valence-corrected chi connectivity index (χ1v) is 12.7. The number of nitrogens with zero attached hydrogens (tertiary/aromatic N) is 4. The number of aliphatic imine (C=N–C) groups is 1. The van der Waals surface area contributed by atoms with Crippen LogP contribution in [0.5, 0.6) is 0 Å². The van der Waals surface area contributed by atoms with Crippen molar-refractivity contribution in [3.05, 3.63) is 75.3 Å². The van der Waals surface area contributed by atoms with Gasteiger partial charge >= 0.3 is 0 Å². The molecule has 5 rings (SSSR count). The van der Waals surface area contributed by atoms with Gasteiger partial charge in [-0.3, -0.25) is 14.6 Å². The molecule has 182 valence electrons. The molecule has 0 bridgehead atoms. The van der Waals surface area contributed by atoms with Crippen LogP contribution in [0.2, 0.25) is 10.0 Å². The molecule has 6 nitrogen and oxygen atoms in total. The van der Waals surface area contributed by atoms with Crippen LogP contribution in [0.3, 0.4) is 0 Å². The lowest BCUT2D eigenvalue weighted by atomic mass is 9.75. The first-order chi connectivity index (χ1) is 16.7. The number of benzene rings is 1. The SMILES string of the molecule is CC1C(N2C(=O)c3ccc(Cl)cc3C2(C)C)=CN=CC1C1CCN(C(=O)c2ncccc2Cl)CC1. The Balaban J connectivity index is 1.31. The van der Waals surface area contributed by atoms with Gasteiger partial charge < -0.3 is 9.80 Å². The summed E-state index contributed by atoms with van der Waals surface area (Å²) in [5.74, 6) is 0.516. The molecule has 0 spiro atoms. The molecule has 2 unspecified atom stereocenters. The van der Waals surface area contributed by atoms with Gasteiger partial charge in [-0.05, 0) is 68.5 Å². The highest BCUT2D eigenvalue weighted by atomic mass is 35.5. The van der Waals surface area contributed by atoms with E-state index in [0.717, 1.165) is 24.1 Å². The van der Waals surface area contributed by atoms with Gasteiger partial charge in [0.2, 0.25) is 0 Å². The summed E-state index contributed by atoms with van der Waals surface area (Å²) in [5, 5.41) is 1.00. The average Bonchev–Trinajstić information content (AvgIpc) is 3.04. The molecule has 4 heterocycles. The first kappa shape index (κ1) is 24.0. The topological polar surface area (TPSA) is 65.9 Å². The number of carbonyl (C=O) groups excluding carboxylic acids is 2. The number of likely N-dealkylation sites (tertiary alicyclic amines) is 1. The van der Waals surface area contributed by atoms with E-state index in [9.17, 15) is 9.59 Å². The van der Waals surface area contributed by atoms with Crippen molar-refractivity contribution >= 4 is 41.2 Å². The summed E-state index contributed by atoms with van der Waals surface area (Å²) in [6.07, 6.45) is 7.15. The van der Waals surface area contributed by atoms with Crippen molar-refractivity contribution in [3.63, 3.8) is 0 Å². The van der Waals surface area contributed by atoms with Gasteiger partial charge in [-0.15, -0.1) is 0 Å². The number of hydrogen-bond acceptors (Lipinski definition) is 4. The fourth-order valence-corrected chi connectivity index (χ4v) is 6.15. The quantitative estimate of drug-likeness (QED) is 0.523. The Bertz CT molecular complexity index is 1250. The normalized spacial score (nSPS) is 23.9. The number of amides is 2. The van der Waals surface area contributed by atoms with E-state index in [2.05, 4.69) is 30.7 Å². The predicted molar refractivity (Wildman–Crippen MR) is 138 cm³/mol. The molecule has 2 aromatic rings. The van der Waals surface area contributed by atoms with Crippen molar-refractivity contribution in [1.82, 2.24) is 14.8 Å². The van der Waals surface area contributed by atoms with E-state index in [4.69, 9.17) is 23.2 Å². The van der Waals surface area contributed by atoms with Crippen molar-refractivity contribution in [1.29, 1.82) is 0 Å². The Morgan fingerprint density at radius 3 is 2.60 bits per heavy atom. The lowest BCUT2D eigenvalue weighted by Crippen LogP contribution is -2.45. The van der Waals surface area contributed by atoms with Gasteiger partial charge in [0.1, 0.15) is 5.69 Å². The van der Waals surface area contributed by atoms with Gasteiger partial charge in [0.05, 0.1) is 10.6 Å². The molecule has 35 heavy (non-hydrogen) atoms. The van der Waals surface area contributed by atoms with Gasteiger partial charge in [-0.25, -0.2) is 4.98 Å². The van der Waals surface area contributed by atoms with Gasteiger partial charge in [-0.1, -0.05) is 30.1 Å². The number of fused-ring (bicyclic) bond motifs is 1. The number of piperidine rings is 1. The molecule has 3 aliphatic rings. The van der Waals surface area contributed by atoms with E-state index in [1.807, 2.05) is 34.3 Å². The molecule has 2 atom stereocenters. The number of hydrogen-bond donors (Lipinski definition) is 0. The van der Waals surface area contributed by atoms with Crippen molar-refractivity contribution in [2.24, 2.45) is 22.7 Å². The summed E-state index contributed by atoms with van der Waals surface area (Å²) in [6, 6.07) is 8.89. The molecular weight excluding hydrogens is 483 g/mol. The van der Waals surface area contributed by atoms with Crippen LogP contribution in [0.4, 0.5) is 0 Å². The molecule has 3 aliphatic heterocycles. The maximum atomic E-state index is 13.5. The highest BCUT2D eigenvalue weighted by Crippen LogP contribution is 2.46. The zero-order chi connectivity index (χ0) is 24.9. The van der Waals surface area contributed by atoms with Gasteiger partial charge in [0, 0.05) is 59.8 Å². The minimum atomic E-state index is -0.521. The molecule has 0 aliphatic carbocycles. The number of pyridine rings is 1. The second-order valence-corrected chi connectivity index (χ2v) is 10.9. The van der Waals surface area contributed by atoms with E-state index < -0.39 is 5.54 Å². The highest BCUT2D eigenvalue weighted by molar-refractivity contribution is 6.33. The molecule has 1 saturated heterocycles. The molecular formula is C27H28Cl2N4O2. The second kappa shape index (κ2) is 9.07. The largest absolute Gasteiger partial charge is 0.337 e. The van der Waals surface area contributed by atoms with Crippen LogP contribution in [0.15, 0.2) is 53.4 Å². The zero-order valence-electron chi connectivity index (χ0n) is 20.0. The summed E-state index contributed by atoms with van der Waals surface area (Å²) >= 11 is 12.4. The molecule has 1 aromatic heterocycles. The molecule has 0 saturated carbocycles. The lowest BCUT2D eigenvalue weighted by Gasteiger charge is -2.42. The maximum Gasteiger partial charge on any atom is 0.273 e. The van der Waals surface area contributed by atoms with Crippen molar-refractivity contribution < 1.29 is 9.59 Å². The summed E-state index contributed by atoms with van der Waals surface area (Å²) in [7, 11) is 0. The van der Waals surface area contributed by atoms with Crippen LogP contribution in [0.1, 0.15) is 60.0 Å². The summed E-state index contributed by atoms with van der Waals surface area (Å²) < 4.78 is 0. The van der Waals surface area contributed by atoms with E-state index in [1.54, 1.807) is 24.4 Å². The van der Waals surface area contributed by atoms with Gasteiger partial charge in [0.15, 0.2) is 0 Å². The fourth-order valence-electron chi connectivity index (χ4n) is 5.78. The number of carbonyl (C=O) groups is 2. The van der Waals surface area contributed by atoms with E-state index >= 15 is 0 Å². The number of aromatic nitrogens is 1. The number of rotatable bonds is 3. The van der Waals surface area contributed by atoms with Crippen molar-refractivity contribution in [2.75, 3.05) is 13.1 Å². The van der Waals surface area contributed by atoms with E-state index in [-0.39, 0.29) is 23.7 Å². The van der Waals surface area contributed by atoms with Crippen molar-refractivity contribution in [3.8, 4) is 0 Å². The molecule has 0 N–H and O–H groups in total. The van der Waals surface area contributed by atoms with Crippen molar-refractivity contribution in [2.45, 2.75) is 39.2 Å². The smallest absolute Gasteiger partial charge is 0.273 e. The lowest BCUT2D eigenvalue weighted by molar-refractivity contribution is 0.0608. The Morgan fingerprint density at radius 1 is 1.14 bits per heavy atom. The summed E-state index contributed by atoms with van der Waals surface area (Å²) in [6.45, 7) is 7.57. The number of allylic oxidation sites excluding steroid dienone is 1. The molecule has 1 fully saturated rings. The third kappa shape index (κ3) is 4.07. The van der Waals surface area contributed by atoms with Crippen LogP contribution in [0.25, 0.3) is 0 Å². The van der Waals surface area contributed by atoms with Gasteiger partial charge in [-0.2, -0.15) is 0 Å². The highest BCUT2D eigenvalue weighted by Gasteiger charge is 2.47. The third-order valence-electron chi connectivity index (χ3n) is 7.73.